The van der Waals surface area contributed by atoms with Crippen molar-refractivity contribution >= 4 is 11.7 Å². The molecule has 8 heteroatoms. The molecule has 1 heterocycles. The summed E-state index contributed by atoms with van der Waals surface area (Å²) in [5.41, 5.74) is 4.01. The Hall–Kier alpha value is -2.64. The first-order valence-corrected chi connectivity index (χ1v) is 6.12. The molecule has 1 aromatic carbocycles. The topological polar surface area (TPSA) is 59.2 Å². The Morgan fingerprint density at radius 1 is 1.23 bits per heavy atom. The van der Waals surface area contributed by atoms with E-state index in [1.165, 1.54) is 6.20 Å². The molecule has 0 spiro atoms. The average molecular weight is 313 g/mol. The SMILES string of the molecule is NC(=O)N(Cc1ccccn1)c1ccc(F)c(C(F)(F)F)c1. The fourth-order valence-electron chi connectivity index (χ4n) is 1.85. The maximum Gasteiger partial charge on any atom is 0.419 e. The highest BCUT2D eigenvalue weighted by molar-refractivity contribution is 5.90. The molecule has 0 fully saturated rings. The van der Waals surface area contributed by atoms with Crippen LogP contribution in [0.4, 0.5) is 28.0 Å². The largest absolute Gasteiger partial charge is 0.419 e. The molecule has 0 atom stereocenters. The van der Waals surface area contributed by atoms with E-state index in [0.29, 0.717) is 17.8 Å². The first-order chi connectivity index (χ1) is 10.3. The molecule has 1 aromatic heterocycles. The van der Waals surface area contributed by atoms with E-state index in [1.807, 2.05) is 0 Å². The summed E-state index contributed by atoms with van der Waals surface area (Å²) in [5.74, 6) is -1.42. The van der Waals surface area contributed by atoms with Gasteiger partial charge in [0.25, 0.3) is 0 Å². The van der Waals surface area contributed by atoms with Crippen molar-refractivity contribution in [1.29, 1.82) is 0 Å². The van der Waals surface area contributed by atoms with Gasteiger partial charge in [0.15, 0.2) is 0 Å². The van der Waals surface area contributed by atoms with Gasteiger partial charge in [0, 0.05) is 11.9 Å². The second-order valence-corrected chi connectivity index (χ2v) is 4.41. The third-order valence-electron chi connectivity index (χ3n) is 2.88. The molecule has 116 valence electrons. The van der Waals surface area contributed by atoms with E-state index in [0.717, 1.165) is 11.0 Å². The van der Waals surface area contributed by atoms with Crippen LogP contribution in [0.1, 0.15) is 11.3 Å². The minimum Gasteiger partial charge on any atom is -0.351 e. The number of nitrogens with zero attached hydrogens (tertiary/aromatic N) is 2. The number of urea groups is 1. The summed E-state index contributed by atoms with van der Waals surface area (Å²) in [7, 11) is 0. The molecule has 0 saturated heterocycles. The lowest BCUT2D eigenvalue weighted by Crippen LogP contribution is -2.35. The molecule has 2 rings (SSSR count). The van der Waals surface area contributed by atoms with E-state index in [9.17, 15) is 22.4 Å². The van der Waals surface area contributed by atoms with E-state index in [4.69, 9.17) is 5.73 Å². The van der Waals surface area contributed by atoms with Crippen LogP contribution in [0.15, 0.2) is 42.6 Å². The summed E-state index contributed by atoms with van der Waals surface area (Å²) in [6.45, 7) is -0.126. The van der Waals surface area contributed by atoms with Gasteiger partial charge >= 0.3 is 12.2 Å². The minimum atomic E-state index is -4.87. The van der Waals surface area contributed by atoms with Crippen molar-refractivity contribution < 1.29 is 22.4 Å². The smallest absolute Gasteiger partial charge is 0.351 e. The van der Waals surface area contributed by atoms with Crippen LogP contribution < -0.4 is 10.6 Å². The highest BCUT2D eigenvalue weighted by Gasteiger charge is 2.35. The molecule has 0 aliphatic heterocycles. The number of benzene rings is 1. The number of alkyl halides is 3. The van der Waals surface area contributed by atoms with Gasteiger partial charge in [0.05, 0.1) is 17.8 Å². The molecule has 0 bridgehead atoms. The van der Waals surface area contributed by atoms with Crippen molar-refractivity contribution in [2.24, 2.45) is 5.73 Å². The van der Waals surface area contributed by atoms with Gasteiger partial charge in [0.2, 0.25) is 0 Å². The molecule has 2 amide bonds. The number of rotatable bonds is 3. The lowest BCUT2D eigenvalue weighted by atomic mass is 10.1. The van der Waals surface area contributed by atoms with Crippen molar-refractivity contribution in [3.05, 3.63) is 59.7 Å². The number of hydrogen-bond donors (Lipinski definition) is 1. The van der Waals surface area contributed by atoms with E-state index in [1.54, 1.807) is 18.2 Å². The summed E-state index contributed by atoms with van der Waals surface area (Å²) in [5, 5.41) is 0. The van der Waals surface area contributed by atoms with Crippen molar-refractivity contribution in [2.45, 2.75) is 12.7 Å². The Balaban J connectivity index is 2.39. The predicted molar refractivity (Wildman–Crippen MR) is 71.4 cm³/mol. The molecule has 2 aromatic rings. The molecule has 2 N–H and O–H groups in total. The number of amides is 2. The maximum atomic E-state index is 13.3. The van der Waals surface area contributed by atoms with Crippen LogP contribution in [0.3, 0.4) is 0 Å². The zero-order valence-electron chi connectivity index (χ0n) is 11.1. The lowest BCUT2D eigenvalue weighted by Gasteiger charge is -2.21. The lowest BCUT2D eigenvalue weighted by molar-refractivity contribution is -0.139. The first kappa shape index (κ1) is 15.7. The quantitative estimate of drug-likeness (QED) is 0.884. The van der Waals surface area contributed by atoms with Gasteiger partial charge in [-0.1, -0.05) is 6.07 Å². The van der Waals surface area contributed by atoms with Gasteiger partial charge in [-0.2, -0.15) is 13.2 Å². The molecule has 0 saturated carbocycles. The molecular formula is C14H11F4N3O. The number of primary amides is 1. The van der Waals surface area contributed by atoms with E-state index >= 15 is 0 Å². The Morgan fingerprint density at radius 2 is 1.95 bits per heavy atom. The van der Waals surface area contributed by atoms with Crippen LogP contribution in [0.5, 0.6) is 0 Å². The van der Waals surface area contributed by atoms with Gasteiger partial charge in [-0.3, -0.25) is 9.88 Å². The monoisotopic (exact) mass is 313 g/mol. The number of pyridine rings is 1. The summed E-state index contributed by atoms with van der Waals surface area (Å²) in [6.07, 6.45) is -3.39. The van der Waals surface area contributed by atoms with E-state index in [-0.39, 0.29) is 12.2 Å². The van der Waals surface area contributed by atoms with Gasteiger partial charge in [-0.05, 0) is 30.3 Å². The van der Waals surface area contributed by atoms with Crippen LogP contribution in [-0.2, 0) is 12.7 Å². The second-order valence-electron chi connectivity index (χ2n) is 4.41. The van der Waals surface area contributed by atoms with Gasteiger partial charge < -0.3 is 5.73 Å². The normalized spacial score (nSPS) is 11.3. The van der Waals surface area contributed by atoms with Crippen LogP contribution in [-0.4, -0.2) is 11.0 Å². The maximum absolute atomic E-state index is 13.3. The summed E-state index contributed by atoms with van der Waals surface area (Å²) >= 11 is 0. The van der Waals surface area contributed by atoms with Crippen molar-refractivity contribution in [1.82, 2.24) is 4.98 Å². The summed E-state index contributed by atoms with van der Waals surface area (Å²) in [4.78, 5) is 16.4. The third-order valence-corrected chi connectivity index (χ3v) is 2.88. The molecule has 22 heavy (non-hydrogen) atoms. The van der Waals surface area contributed by atoms with Gasteiger partial charge in [-0.25, -0.2) is 9.18 Å². The fraction of sp³-hybridized carbons (Fsp3) is 0.143. The standard InChI is InChI=1S/C14H11F4N3O/c15-12-5-4-10(7-11(12)14(16,17)18)21(13(19)22)8-9-3-1-2-6-20-9/h1-7H,8H2,(H2,19,22). The predicted octanol–water partition coefficient (Wildman–Crippen LogP) is 3.32. The Kier molecular flexibility index (Phi) is 4.30. The first-order valence-electron chi connectivity index (χ1n) is 6.12. The van der Waals surface area contributed by atoms with Crippen molar-refractivity contribution in [3.63, 3.8) is 0 Å². The highest BCUT2D eigenvalue weighted by Crippen LogP contribution is 2.34. The Labute approximate surface area is 123 Å². The van der Waals surface area contributed by atoms with Gasteiger partial charge in [0.1, 0.15) is 5.82 Å². The third kappa shape index (κ3) is 3.51. The van der Waals surface area contributed by atoms with Crippen LogP contribution in [0, 0.1) is 5.82 Å². The summed E-state index contributed by atoms with van der Waals surface area (Å²) < 4.78 is 51.5. The summed E-state index contributed by atoms with van der Waals surface area (Å²) in [6, 6.07) is 6.17. The van der Waals surface area contributed by atoms with Gasteiger partial charge in [-0.15, -0.1) is 0 Å². The Bertz CT molecular complexity index is 674. The fourth-order valence-corrected chi connectivity index (χ4v) is 1.85. The second kappa shape index (κ2) is 6.00. The molecule has 4 nitrogen and oxygen atoms in total. The van der Waals surface area contributed by atoms with E-state index in [2.05, 4.69) is 4.98 Å². The minimum absolute atomic E-state index is 0.126. The number of halogens is 4. The molecule has 0 radical (unpaired) electrons. The Morgan fingerprint density at radius 3 is 2.50 bits per heavy atom. The average Bonchev–Trinajstić information content (AvgIpc) is 2.45. The van der Waals surface area contributed by atoms with Crippen LogP contribution >= 0.6 is 0 Å². The van der Waals surface area contributed by atoms with Crippen LogP contribution in [0.25, 0.3) is 0 Å². The van der Waals surface area contributed by atoms with E-state index < -0.39 is 23.6 Å². The highest BCUT2D eigenvalue weighted by atomic mass is 19.4. The number of aromatic nitrogens is 1. The molecule has 0 unspecified atom stereocenters. The van der Waals surface area contributed by atoms with Crippen molar-refractivity contribution in [3.8, 4) is 0 Å². The number of carbonyl (C=O) groups excluding carboxylic acids is 1. The van der Waals surface area contributed by atoms with Crippen LogP contribution in [0.2, 0.25) is 0 Å². The zero-order chi connectivity index (χ0) is 16.3. The zero-order valence-corrected chi connectivity index (χ0v) is 11.1. The molecular weight excluding hydrogens is 302 g/mol. The molecule has 0 aliphatic carbocycles. The number of nitrogens with two attached hydrogens (primary N) is 1. The number of carbonyl (C=O) groups is 1. The number of hydrogen-bond acceptors (Lipinski definition) is 2. The molecule has 0 aliphatic rings. The van der Waals surface area contributed by atoms with Crippen molar-refractivity contribution in [2.75, 3.05) is 4.90 Å². The number of anilines is 1.